The van der Waals surface area contributed by atoms with Gasteiger partial charge >= 0.3 is 0 Å². The van der Waals surface area contributed by atoms with E-state index in [-0.39, 0.29) is 12.3 Å². The zero-order valence-electron chi connectivity index (χ0n) is 8.56. The third-order valence-electron chi connectivity index (χ3n) is 1.38. The number of primary sulfonamides is 1. The number of ether oxygens (including phenoxy) is 1. The lowest BCUT2D eigenvalue weighted by molar-refractivity contribution is 0.208. The Morgan fingerprint density at radius 1 is 1.53 bits per heavy atom. The van der Waals surface area contributed by atoms with Crippen molar-refractivity contribution in [3.8, 4) is 0 Å². The summed E-state index contributed by atoms with van der Waals surface area (Å²) in [5.41, 5.74) is 2.29. The van der Waals surface area contributed by atoms with Crippen LogP contribution in [0.5, 0.6) is 0 Å². The molecule has 0 unspecified atom stereocenters. The molecule has 0 aromatic carbocycles. The number of rotatable bonds is 6. The molecule has 0 rings (SSSR count). The van der Waals surface area contributed by atoms with Gasteiger partial charge in [-0.05, 0) is 0 Å². The fourth-order valence-electron chi connectivity index (χ4n) is 0.713. The SMILES string of the molecule is COCCN=C(NN)NCCS(N)(=O)=O. The molecule has 0 bridgehead atoms. The third-order valence-corrected chi connectivity index (χ3v) is 2.15. The summed E-state index contributed by atoms with van der Waals surface area (Å²) >= 11 is 0. The van der Waals surface area contributed by atoms with Crippen molar-refractivity contribution >= 4 is 16.0 Å². The van der Waals surface area contributed by atoms with Crippen LogP contribution < -0.4 is 21.7 Å². The lowest BCUT2D eigenvalue weighted by atomic mass is 10.7. The molecule has 0 aliphatic carbocycles. The Kier molecular flexibility index (Phi) is 6.96. The van der Waals surface area contributed by atoms with E-state index in [4.69, 9.17) is 15.7 Å². The summed E-state index contributed by atoms with van der Waals surface area (Å²) in [4.78, 5) is 3.96. The second kappa shape index (κ2) is 7.40. The maximum absolute atomic E-state index is 10.6. The first kappa shape index (κ1) is 14.1. The van der Waals surface area contributed by atoms with E-state index in [0.717, 1.165) is 0 Å². The molecule has 0 atom stereocenters. The smallest absolute Gasteiger partial charge is 0.210 e. The highest BCUT2D eigenvalue weighted by Gasteiger charge is 2.02. The van der Waals surface area contributed by atoms with Crippen molar-refractivity contribution in [1.82, 2.24) is 10.7 Å². The van der Waals surface area contributed by atoms with Crippen LogP contribution in [-0.2, 0) is 14.8 Å². The molecular formula is C6H17N5O3S. The monoisotopic (exact) mass is 239 g/mol. The van der Waals surface area contributed by atoms with Gasteiger partial charge in [0.25, 0.3) is 0 Å². The Balaban J connectivity index is 3.85. The predicted octanol–water partition coefficient (Wildman–Crippen LogP) is -2.67. The van der Waals surface area contributed by atoms with Crippen LogP contribution in [0.25, 0.3) is 0 Å². The van der Waals surface area contributed by atoms with E-state index in [1.807, 2.05) is 0 Å². The second-order valence-electron chi connectivity index (χ2n) is 2.66. The van der Waals surface area contributed by atoms with Gasteiger partial charge in [-0.25, -0.2) is 24.4 Å². The summed E-state index contributed by atoms with van der Waals surface area (Å²) in [6.45, 7) is 1.04. The number of sulfonamides is 1. The summed E-state index contributed by atoms with van der Waals surface area (Å²) in [6, 6.07) is 0. The first-order valence-corrected chi connectivity index (χ1v) is 5.95. The van der Waals surface area contributed by atoms with Gasteiger partial charge in [0.15, 0.2) is 0 Å². The standard InChI is InChI=1S/C6H17N5O3S/c1-14-4-2-9-6(11-7)10-3-5-15(8,12)13/h2-5,7H2,1H3,(H2,8,12,13)(H2,9,10,11). The van der Waals surface area contributed by atoms with Crippen molar-refractivity contribution in [2.24, 2.45) is 16.0 Å². The molecular weight excluding hydrogens is 222 g/mol. The number of methoxy groups -OCH3 is 1. The normalized spacial score (nSPS) is 12.6. The lowest BCUT2D eigenvalue weighted by Crippen LogP contribution is -2.44. The van der Waals surface area contributed by atoms with Gasteiger partial charge in [-0.2, -0.15) is 0 Å². The second-order valence-corrected chi connectivity index (χ2v) is 4.40. The predicted molar refractivity (Wildman–Crippen MR) is 57.5 cm³/mol. The van der Waals surface area contributed by atoms with E-state index in [1.165, 1.54) is 0 Å². The van der Waals surface area contributed by atoms with E-state index in [1.54, 1.807) is 7.11 Å². The van der Waals surface area contributed by atoms with Crippen molar-refractivity contribution in [3.63, 3.8) is 0 Å². The van der Waals surface area contributed by atoms with Crippen molar-refractivity contribution in [2.45, 2.75) is 0 Å². The highest BCUT2D eigenvalue weighted by molar-refractivity contribution is 7.89. The van der Waals surface area contributed by atoms with Gasteiger partial charge in [0.05, 0.1) is 18.9 Å². The first-order valence-electron chi connectivity index (χ1n) is 4.24. The molecule has 0 heterocycles. The van der Waals surface area contributed by atoms with Gasteiger partial charge in [-0.15, -0.1) is 0 Å². The number of aliphatic imine (C=N–C) groups is 1. The number of nitrogens with one attached hydrogen (secondary N) is 2. The Morgan fingerprint density at radius 2 is 2.20 bits per heavy atom. The van der Waals surface area contributed by atoms with Crippen LogP contribution >= 0.6 is 0 Å². The summed E-state index contributed by atoms with van der Waals surface area (Å²) in [5.74, 6) is 5.26. The van der Waals surface area contributed by atoms with Gasteiger partial charge in [0.1, 0.15) is 0 Å². The van der Waals surface area contributed by atoms with Crippen LogP contribution in [-0.4, -0.2) is 46.9 Å². The number of guanidine groups is 1. The van der Waals surface area contributed by atoms with E-state index in [0.29, 0.717) is 19.1 Å². The fourth-order valence-corrected chi connectivity index (χ4v) is 1.10. The molecule has 0 fully saturated rings. The summed E-state index contributed by atoms with van der Waals surface area (Å²) < 4.78 is 26.0. The largest absolute Gasteiger partial charge is 0.383 e. The van der Waals surface area contributed by atoms with E-state index in [2.05, 4.69) is 15.7 Å². The van der Waals surface area contributed by atoms with Crippen LogP contribution in [0.3, 0.4) is 0 Å². The Labute approximate surface area is 89.1 Å². The van der Waals surface area contributed by atoms with Crippen molar-refractivity contribution in [1.29, 1.82) is 0 Å². The minimum absolute atomic E-state index is 0.148. The van der Waals surface area contributed by atoms with Gasteiger partial charge in [0.2, 0.25) is 16.0 Å². The zero-order valence-corrected chi connectivity index (χ0v) is 9.38. The molecule has 0 spiro atoms. The molecule has 15 heavy (non-hydrogen) atoms. The molecule has 90 valence electrons. The summed E-state index contributed by atoms with van der Waals surface area (Å²) in [7, 11) is -1.91. The van der Waals surface area contributed by atoms with Crippen molar-refractivity contribution in [2.75, 3.05) is 32.6 Å². The molecule has 0 radical (unpaired) electrons. The number of hydrazine groups is 1. The average molecular weight is 239 g/mol. The van der Waals surface area contributed by atoms with Crippen LogP contribution in [0.1, 0.15) is 0 Å². The molecule has 6 N–H and O–H groups in total. The Hall–Kier alpha value is -0.900. The Bertz CT molecular complexity index is 289. The summed E-state index contributed by atoms with van der Waals surface area (Å²) in [5, 5.41) is 7.49. The number of hydrogen-bond acceptors (Lipinski definition) is 5. The number of nitrogens with two attached hydrogens (primary N) is 2. The van der Waals surface area contributed by atoms with Crippen LogP contribution in [0, 0.1) is 0 Å². The molecule has 0 aromatic heterocycles. The van der Waals surface area contributed by atoms with Gasteiger partial charge in [0, 0.05) is 13.7 Å². The van der Waals surface area contributed by atoms with E-state index < -0.39 is 10.0 Å². The molecule has 0 aliphatic heterocycles. The molecule has 0 amide bonds. The Morgan fingerprint density at radius 3 is 2.67 bits per heavy atom. The quantitative estimate of drug-likeness (QED) is 0.131. The fraction of sp³-hybridized carbons (Fsp3) is 0.833. The molecule has 0 aliphatic rings. The summed E-state index contributed by atoms with van der Waals surface area (Å²) in [6.07, 6.45) is 0. The maximum Gasteiger partial charge on any atom is 0.210 e. The molecule has 0 saturated carbocycles. The van der Waals surface area contributed by atoms with Crippen LogP contribution in [0.4, 0.5) is 0 Å². The maximum atomic E-state index is 10.6. The zero-order chi connectivity index (χ0) is 11.7. The van der Waals surface area contributed by atoms with Gasteiger partial charge in [-0.3, -0.25) is 5.43 Å². The van der Waals surface area contributed by atoms with E-state index in [9.17, 15) is 8.42 Å². The van der Waals surface area contributed by atoms with Crippen LogP contribution in [0.15, 0.2) is 4.99 Å². The third kappa shape index (κ3) is 9.41. The van der Waals surface area contributed by atoms with Crippen LogP contribution in [0.2, 0.25) is 0 Å². The molecule has 8 nitrogen and oxygen atoms in total. The van der Waals surface area contributed by atoms with Gasteiger partial charge < -0.3 is 10.1 Å². The highest BCUT2D eigenvalue weighted by Crippen LogP contribution is 1.76. The number of nitrogens with zero attached hydrogens (tertiary/aromatic N) is 1. The number of hydrogen-bond donors (Lipinski definition) is 4. The van der Waals surface area contributed by atoms with Gasteiger partial charge in [-0.1, -0.05) is 0 Å². The van der Waals surface area contributed by atoms with Crippen molar-refractivity contribution in [3.05, 3.63) is 0 Å². The molecule has 9 heteroatoms. The first-order chi connectivity index (χ1) is 6.99. The minimum atomic E-state index is -3.46. The minimum Gasteiger partial charge on any atom is -0.383 e. The highest BCUT2D eigenvalue weighted by atomic mass is 32.2. The molecule has 0 saturated heterocycles. The lowest BCUT2D eigenvalue weighted by Gasteiger charge is -2.07. The average Bonchev–Trinajstić information content (AvgIpc) is 2.14. The van der Waals surface area contributed by atoms with E-state index >= 15 is 0 Å². The molecule has 0 aromatic rings. The topological polar surface area (TPSA) is 132 Å². The van der Waals surface area contributed by atoms with Crippen molar-refractivity contribution < 1.29 is 13.2 Å².